The molecule has 0 radical (unpaired) electrons. The number of aromatic nitrogens is 2. The van der Waals surface area contributed by atoms with Crippen LogP contribution in [0.5, 0.6) is 0 Å². The first-order valence-corrected chi connectivity index (χ1v) is 12.5. The highest BCUT2D eigenvalue weighted by Gasteiger charge is 2.23. The Hall–Kier alpha value is -2.45. The molecule has 1 aromatic heterocycles. The number of piperidine rings is 1. The van der Waals surface area contributed by atoms with Gasteiger partial charge in [0, 0.05) is 31.2 Å². The highest BCUT2D eigenvalue weighted by molar-refractivity contribution is 7.92. The van der Waals surface area contributed by atoms with Crippen molar-refractivity contribution in [3.05, 3.63) is 51.9 Å². The fourth-order valence-corrected chi connectivity index (χ4v) is 5.45. The maximum atomic E-state index is 13.1. The molecule has 0 aliphatic carbocycles. The van der Waals surface area contributed by atoms with Crippen LogP contribution in [-0.4, -0.2) is 30.6 Å². The lowest BCUT2D eigenvalue weighted by atomic mass is 10.1. The molecule has 0 unspecified atom stereocenters. The van der Waals surface area contributed by atoms with Crippen molar-refractivity contribution in [2.75, 3.05) is 22.7 Å². The number of anilines is 2. The largest absolute Gasteiger partial charge is 0.370 e. The summed E-state index contributed by atoms with van der Waals surface area (Å²) in [5.74, 6) is 0. The summed E-state index contributed by atoms with van der Waals surface area (Å²) in [5.41, 5.74) is 2.76. The first-order chi connectivity index (χ1) is 14.9. The summed E-state index contributed by atoms with van der Waals surface area (Å²) in [6, 6.07) is 9.84. The Morgan fingerprint density at radius 3 is 2.10 bits per heavy atom. The number of halogens is 1. The number of hydrogen-bond donors (Lipinski definition) is 1. The number of rotatable bonds is 6. The lowest BCUT2D eigenvalue weighted by Crippen LogP contribution is -2.30. The van der Waals surface area contributed by atoms with E-state index >= 15 is 0 Å². The van der Waals surface area contributed by atoms with Crippen LogP contribution in [-0.2, 0) is 23.1 Å². The summed E-state index contributed by atoms with van der Waals surface area (Å²) in [6.45, 7) is 6.62. The van der Waals surface area contributed by atoms with Crippen LogP contribution in [0.25, 0.3) is 11.0 Å². The third-order valence-electron chi connectivity index (χ3n) is 5.83. The third kappa shape index (κ3) is 4.06. The molecule has 4 rings (SSSR count). The highest BCUT2D eigenvalue weighted by Crippen LogP contribution is 2.34. The van der Waals surface area contributed by atoms with Crippen molar-refractivity contribution < 1.29 is 8.42 Å². The van der Waals surface area contributed by atoms with Crippen LogP contribution in [0.15, 0.2) is 46.1 Å². The summed E-state index contributed by atoms with van der Waals surface area (Å²) in [6.07, 6.45) is 3.27. The van der Waals surface area contributed by atoms with E-state index in [0.29, 0.717) is 23.8 Å². The number of aryl methyl sites for hydroxylation is 2. The quantitative estimate of drug-likeness (QED) is 0.593. The molecule has 31 heavy (non-hydrogen) atoms. The van der Waals surface area contributed by atoms with Crippen molar-refractivity contribution in [3.63, 3.8) is 0 Å². The average molecular weight is 463 g/mol. The maximum absolute atomic E-state index is 13.1. The Kier molecular flexibility index (Phi) is 6.03. The second kappa shape index (κ2) is 8.59. The molecule has 1 aliphatic rings. The second-order valence-electron chi connectivity index (χ2n) is 7.74. The van der Waals surface area contributed by atoms with Crippen LogP contribution in [0.2, 0.25) is 5.02 Å². The molecular weight excluding hydrogens is 436 g/mol. The zero-order chi connectivity index (χ0) is 22.2. The number of nitrogens with one attached hydrogen (secondary N) is 1. The van der Waals surface area contributed by atoms with Crippen molar-refractivity contribution in [1.29, 1.82) is 0 Å². The van der Waals surface area contributed by atoms with E-state index in [-0.39, 0.29) is 10.6 Å². The van der Waals surface area contributed by atoms with Gasteiger partial charge in [-0.2, -0.15) is 0 Å². The van der Waals surface area contributed by atoms with Crippen LogP contribution in [0, 0.1) is 0 Å². The van der Waals surface area contributed by atoms with Gasteiger partial charge in [-0.3, -0.25) is 13.9 Å². The number of hydrogen-bond acceptors (Lipinski definition) is 4. The van der Waals surface area contributed by atoms with E-state index in [2.05, 4.69) is 9.62 Å². The van der Waals surface area contributed by atoms with E-state index in [4.69, 9.17) is 11.6 Å². The van der Waals surface area contributed by atoms with Crippen molar-refractivity contribution in [3.8, 4) is 0 Å². The first kappa shape index (κ1) is 21.8. The second-order valence-corrected chi connectivity index (χ2v) is 9.86. The normalized spacial score (nSPS) is 14.9. The zero-order valence-corrected chi connectivity index (χ0v) is 19.3. The van der Waals surface area contributed by atoms with Crippen molar-refractivity contribution in [2.45, 2.75) is 51.1 Å². The SMILES string of the molecule is CCn1c(=O)n(CC)c2cc(N3CCCCC3)c(NS(=O)(=O)c3ccc(Cl)cc3)cc21. The lowest BCUT2D eigenvalue weighted by Gasteiger charge is -2.31. The van der Waals surface area contributed by atoms with Crippen LogP contribution in [0.1, 0.15) is 33.1 Å². The summed E-state index contributed by atoms with van der Waals surface area (Å²) in [7, 11) is -3.82. The number of nitrogens with zero attached hydrogens (tertiary/aromatic N) is 3. The standard InChI is InChI=1S/C22H27ClN4O3S/c1-3-26-20-14-18(24-31(29,30)17-10-8-16(23)9-11-17)19(25-12-6-5-7-13-25)15-21(20)27(4-2)22(26)28/h8-11,14-15,24H,3-7,12-13H2,1-2H3. The predicted octanol–water partition coefficient (Wildman–Crippen LogP) is 4.29. The van der Waals surface area contributed by atoms with Gasteiger partial charge in [0.05, 0.1) is 27.3 Å². The van der Waals surface area contributed by atoms with Gasteiger partial charge >= 0.3 is 5.69 Å². The predicted molar refractivity (Wildman–Crippen MR) is 126 cm³/mol. The van der Waals surface area contributed by atoms with E-state index in [1.807, 2.05) is 19.9 Å². The van der Waals surface area contributed by atoms with Crippen molar-refractivity contribution in [2.24, 2.45) is 0 Å². The number of benzene rings is 2. The molecule has 2 heterocycles. The van der Waals surface area contributed by atoms with E-state index in [0.717, 1.165) is 49.1 Å². The molecular formula is C22H27ClN4O3S. The monoisotopic (exact) mass is 462 g/mol. The molecule has 9 heteroatoms. The van der Waals surface area contributed by atoms with Crippen LogP contribution >= 0.6 is 11.6 Å². The van der Waals surface area contributed by atoms with Gasteiger partial charge in [0.1, 0.15) is 0 Å². The topological polar surface area (TPSA) is 76.3 Å². The minimum atomic E-state index is -3.82. The Labute approximate surface area is 187 Å². The van der Waals surface area contributed by atoms with Gasteiger partial charge in [0.15, 0.2) is 0 Å². The zero-order valence-electron chi connectivity index (χ0n) is 17.8. The van der Waals surface area contributed by atoms with Gasteiger partial charge in [-0.1, -0.05) is 11.6 Å². The number of imidazole rings is 1. The van der Waals surface area contributed by atoms with Crippen LogP contribution in [0.4, 0.5) is 11.4 Å². The highest BCUT2D eigenvalue weighted by atomic mass is 35.5. The molecule has 0 saturated carbocycles. The molecule has 7 nitrogen and oxygen atoms in total. The Morgan fingerprint density at radius 2 is 1.52 bits per heavy atom. The van der Waals surface area contributed by atoms with Gasteiger partial charge in [0.2, 0.25) is 0 Å². The van der Waals surface area contributed by atoms with Crippen LogP contribution in [0.3, 0.4) is 0 Å². The van der Waals surface area contributed by atoms with Crippen molar-refractivity contribution in [1.82, 2.24) is 9.13 Å². The van der Waals surface area contributed by atoms with E-state index < -0.39 is 10.0 Å². The third-order valence-corrected chi connectivity index (χ3v) is 7.47. The summed E-state index contributed by atoms with van der Waals surface area (Å²) in [5, 5.41) is 0.474. The van der Waals surface area contributed by atoms with Crippen LogP contribution < -0.4 is 15.3 Å². The molecule has 1 fully saturated rings. The summed E-state index contributed by atoms with van der Waals surface area (Å²) >= 11 is 5.92. The van der Waals surface area contributed by atoms with Gasteiger partial charge in [0.25, 0.3) is 10.0 Å². The molecule has 0 bridgehead atoms. The van der Waals surface area contributed by atoms with Gasteiger partial charge in [-0.05, 0) is 69.5 Å². The summed E-state index contributed by atoms with van der Waals surface area (Å²) in [4.78, 5) is 15.2. The smallest absolute Gasteiger partial charge is 0.329 e. The molecule has 1 aliphatic heterocycles. The molecule has 0 amide bonds. The average Bonchev–Trinajstić information content (AvgIpc) is 3.03. The first-order valence-electron chi connectivity index (χ1n) is 10.7. The number of sulfonamides is 1. The number of fused-ring (bicyclic) bond motifs is 1. The van der Waals surface area contributed by atoms with Gasteiger partial charge in [-0.15, -0.1) is 0 Å². The maximum Gasteiger partial charge on any atom is 0.329 e. The molecule has 0 atom stereocenters. The molecule has 166 valence electrons. The molecule has 2 aromatic carbocycles. The molecule has 1 saturated heterocycles. The minimum Gasteiger partial charge on any atom is -0.370 e. The Morgan fingerprint density at radius 1 is 0.935 bits per heavy atom. The summed E-state index contributed by atoms with van der Waals surface area (Å²) < 4.78 is 32.4. The molecule has 0 spiro atoms. The van der Waals surface area contributed by atoms with E-state index in [1.165, 1.54) is 12.1 Å². The fraction of sp³-hybridized carbons (Fsp3) is 0.409. The Bertz CT molecular complexity index is 1260. The van der Waals surface area contributed by atoms with Crippen molar-refractivity contribution >= 4 is 44.0 Å². The molecule has 1 N–H and O–H groups in total. The van der Waals surface area contributed by atoms with E-state index in [9.17, 15) is 13.2 Å². The molecule has 3 aromatic rings. The fourth-order valence-electron chi connectivity index (χ4n) is 4.26. The lowest BCUT2D eigenvalue weighted by molar-refractivity contribution is 0.578. The minimum absolute atomic E-state index is 0.0812. The Balaban J connectivity index is 1.89. The van der Waals surface area contributed by atoms with E-state index in [1.54, 1.807) is 27.3 Å². The van der Waals surface area contributed by atoms with Gasteiger partial charge < -0.3 is 4.90 Å². The van der Waals surface area contributed by atoms with Gasteiger partial charge in [-0.25, -0.2) is 13.2 Å².